The number of rotatable bonds is 6. The maximum absolute atomic E-state index is 8.74. The van der Waals surface area contributed by atoms with E-state index in [1.165, 1.54) is 175 Å². The van der Waals surface area contributed by atoms with E-state index in [9.17, 15) is 0 Å². The van der Waals surface area contributed by atoms with E-state index in [0.29, 0.717) is 0 Å². The minimum atomic E-state index is -4.67. The van der Waals surface area contributed by atoms with Gasteiger partial charge in [-0.25, -0.2) is 0 Å². The van der Waals surface area contributed by atoms with E-state index in [0.717, 1.165) is 43.0 Å². The number of nitrogens with zero attached hydrogens (tertiary/aromatic N) is 4. The molecule has 0 spiro atoms. The molecule has 8 unspecified atom stereocenters. The number of unbranched alkanes of at least 4 members (excludes halogenated alkanes) is 2. The molecular formula is C45H87IN4O7S. The lowest BCUT2D eigenvalue weighted by Gasteiger charge is -2.40. The molecule has 6 aliphatic rings. The van der Waals surface area contributed by atoms with Crippen LogP contribution in [0.4, 0.5) is 0 Å². The molecule has 13 heteroatoms. The molecule has 342 valence electrons. The van der Waals surface area contributed by atoms with Crippen molar-refractivity contribution < 1.29 is 66.5 Å². The number of aryl methyl sites for hydroxylation is 1. The molecule has 8 atom stereocenters. The molecule has 58 heavy (non-hydrogen) atoms. The molecule has 0 bridgehead atoms. The van der Waals surface area contributed by atoms with Gasteiger partial charge in [0.15, 0.2) is 0 Å². The highest BCUT2D eigenvalue weighted by molar-refractivity contribution is 7.79. The van der Waals surface area contributed by atoms with Crippen LogP contribution in [0.1, 0.15) is 136 Å². The summed E-state index contributed by atoms with van der Waals surface area (Å²) in [5, 5.41) is 8.31. The summed E-state index contributed by atoms with van der Waals surface area (Å²) in [6.45, 7) is 11.8. The first-order valence-electron chi connectivity index (χ1n) is 22.3. The number of aliphatic hydroxyl groups is 1. The van der Waals surface area contributed by atoms with Crippen molar-refractivity contribution in [2.45, 2.75) is 154 Å². The maximum Gasteiger partial charge on any atom is 0.394 e. The highest BCUT2D eigenvalue weighted by Gasteiger charge is 2.46. The van der Waals surface area contributed by atoms with Crippen LogP contribution in [0.25, 0.3) is 10.9 Å². The van der Waals surface area contributed by atoms with Gasteiger partial charge in [-0.2, -0.15) is 8.42 Å². The second-order valence-electron chi connectivity index (χ2n) is 18.2. The van der Waals surface area contributed by atoms with Gasteiger partial charge in [0, 0.05) is 56.6 Å². The summed E-state index contributed by atoms with van der Waals surface area (Å²) < 4.78 is 36.5. The lowest BCUT2D eigenvalue weighted by atomic mass is 9.84. The van der Waals surface area contributed by atoms with Gasteiger partial charge in [-0.15, -0.1) is 0 Å². The summed E-state index contributed by atoms with van der Waals surface area (Å²) >= 11 is 0. The van der Waals surface area contributed by atoms with Gasteiger partial charge in [-0.3, -0.25) is 9.11 Å². The van der Waals surface area contributed by atoms with Crippen LogP contribution in [-0.4, -0.2) is 131 Å². The SMILES string of the molecule is CCCC[N+]1(C)CCC2CCCCC21.CCCC[N+]1(C)CCC2CCCCC21.CN1CCC2CCCCC21.CO.Cn1ccc2ccccc21.O.O=S(=O)(O)O.[I-].[OH-]. The average Bonchev–Trinajstić information content (AvgIpc) is 3.95. The van der Waals surface area contributed by atoms with Crippen molar-refractivity contribution in [1.82, 2.24) is 9.47 Å². The predicted molar refractivity (Wildman–Crippen MR) is 236 cm³/mol. The van der Waals surface area contributed by atoms with E-state index in [-0.39, 0.29) is 34.9 Å². The number of likely N-dealkylation sites (tertiary alicyclic amines) is 3. The number of benzene rings is 1. The van der Waals surface area contributed by atoms with Crippen LogP contribution < -0.4 is 24.0 Å². The van der Waals surface area contributed by atoms with Crippen molar-refractivity contribution in [2.24, 2.45) is 24.8 Å². The quantitative estimate of drug-likeness (QED) is 0.198. The summed E-state index contributed by atoms with van der Waals surface area (Å²) in [4.78, 5) is 2.56. The molecule has 11 nitrogen and oxygen atoms in total. The number of aromatic nitrogens is 1. The fourth-order valence-corrected chi connectivity index (χ4v) is 11.4. The van der Waals surface area contributed by atoms with Crippen molar-refractivity contribution in [3.05, 3.63) is 36.5 Å². The Morgan fingerprint density at radius 3 is 1.55 bits per heavy atom. The summed E-state index contributed by atoms with van der Waals surface area (Å²) in [5.74, 6) is 3.25. The molecular weight excluding hydrogens is 867 g/mol. The van der Waals surface area contributed by atoms with E-state index >= 15 is 0 Å². The largest absolute Gasteiger partial charge is 1.00 e. The first-order valence-corrected chi connectivity index (χ1v) is 23.7. The van der Waals surface area contributed by atoms with E-state index in [1.54, 1.807) is 0 Å². The minimum Gasteiger partial charge on any atom is -1.00 e. The number of hydrogen-bond donors (Lipinski definition) is 3. The molecule has 3 aliphatic heterocycles. The molecule has 3 saturated carbocycles. The normalized spacial score (nSPS) is 30.6. The first-order chi connectivity index (χ1) is 26.3. The fourth-order valence-electron chi connectivity index (χ4n) is 11.4. The summed E-state index contributed by atoms with van der Waals surface area (Å²) in [7, 11) is 5.72. The molecule has 3 aliphatic carbocycles. The molecule has 4 heterocycles. The molecule has 2 aromatic rings. The van der Waals surface area contributed by atoms with Gasteiger partial charge in [0.1, 0.15) is 0 Å². The minimum absolute atomic E-state index is 0. The van der Waals surface area contributed by atoms with E-state index in [2.05, 4.69) is 88.0 Å². The van der Waals surface area contributed by atoms with Crippen LogP contribution >= 0.6 is 0 Å². The van der Waals surface area contributed by atoms with E-state index < -0.39 is 10.4 Å². The summed E-state index contributed by atoms with van der Waals surface area (Å²) in [6, 6.07) is 13.5. The Kier molecular flexibility index (Phi) is 28.2. The maximum atomic E-state index is 8.74. The van der Waals surface area contributed by atoms with Crippen LogP contribution in [0.3, 0.4) is 0 Å². The Hall–Kier alpha value is -0.880. The molecule has 6 fully saturated rings. The van der Waals surface area contributed by atoms with Crippen LogP contribution in [0, 0.1) is 17.8 Å². The molecule has 8 rings (SSSR count). The topological polar surface area (TPSA) is 164 Å². The van der Waals surface area contributed by atoms with Crippen LogP contribution in [0.5, 0.6) is 0 Å². The number of fused-ring (bicyclic) bond motifs is 4. The number of quaternary nitrogens is 2. The van der Waals surface area contributed by atoms with E-state index in [1.807, 2.05) is 0 Å². The van der Waals surface area contributed by atoms with Gasteiger partial charge in [0.2, 0.25) is 0 Å². The van der Waals surface area contributed by atoms with Crippen LogP contribution in [0.15, 0.2) is 36.5 Å². The van der Waals surface area contributed by atoms with Gasteiger partial charge in [0.25, 0.3) is 0 Å². The van der Waals surface area contributed by atoms with Crippen molar-refractivity contribution >= 4 is 21.3 Å². The van der Waals surface area contributed by atoms with Gasteiger partial charge < -0.3 is 58.5 Å². The number of halogens is 1. The lowest BCUT2D eigenvalue weighted by Crippen LogP contribution is -3.00. The second-order valence-corrected chi connectivity index (χ2v) is 19.1. The fraction of sp³-hybridized carbons (Fsp3) is 0.822. The number of aliphatic hydroxyl groups excluding tert-OH is 1. The van der Waals surface area contributed by atoms with Gasteiger partial charge in [-0.05, 0) is 108 Å². The Morgan fingerprint density at radius 1 is 0.672 bits per heavy atom. The van der Waals surface area contributed by atoms with Crippen molar-refractivity contribution in [3.8, 4) is 0 Å². The highest BCUT2D eigenvalue weighted by atomic mass is 127. The third-order valence-electron chi connectivity index (χ3n) is 14.5. The monoisotopic (exact) mass is 955 g/mol. The summed E-state index contributed by atoms with van der Waals surface area (Å²) in [5.41, 5.74) is 1.29. The van der Waals surface area contributed by atoms with E-state index in [4.69, 9.17) is 22.6 Å². The Bertz CT molecular complexity index is 1420. The molecule has 6 N–H and O–H groups in total. The predicted octanol–water partition coefficient (Wildman–Crippen LogP) is 5.41. The average molecular weight is 955 g/mol. The third-order valence-corrected chi connectivity index (χ3v) is 14.5. The highest BCUT2D eigenvalue weighted by Crippen LogP contribution is 2.41. The number of hydrogen-bond acceptors (Lipinski definition) is 5. The smallest absolute Gasteiger partial charge is 0.394 e. The van der Waals surface area contributed by atoms with Crippen LogP contribution in [0.2, 0.25) is 0 Å². The summed E-state index contributed by atoms with van der Waals surface area (Å²) in [6.07, 6.45) is 30.3. The van der Waals surface area contributed by atoms with Gasteiger partial charge in [-0.1, -0.05) is 70.6 Å². The van der Waals surface area contributed by atoms with Crippen molar-refractivity contribution in [1.29, 1.82) is 0 Å². The van der Waals surface area contributed by atoms with Crippen molar-refractivity contribution in [2.75, 3.05) is 61.0 Å². The first kappa shape index (κ1) is 57.1. The third kappa shape index (κ3) is 17.8. The Labute approximate surface area is 371 Å². The second kappa shape index (κ2) is 28.7. The zero-order valence-corrected chi connectivity index (χ0v) is 40.6. The zero-order valence-electron chi connectivity index (χ0n) is 37.6. The van der Waals surface area contributed by atoms with Gasteiger partial charge >= 0.3 is 10.4 Å². The molecule has 0 radical (unpaired) electrons. The Morgan fingerprint density at radius 2 is 1.10 bits per heavy atom. The van der Waals surface area contributed by atoms with Crippen LogP contribution in [-0.2, 0) is 17.4 Å². The standard InChI is InChI=1S/2C13H26N.C9H17N.C9H9N.CH4O.HI.H2O4S.2H2O/c2*1-3-4-10-14(2)11-9-12-7-5-6-8-13(12)14;2*1-10-7-6-8-4-2-3-5-9(8)10;1-2;;1-5(2,3)4;;/h2*12-13H,3-11H2,1-2H3;8-9H,2-7H2,1H3;2-7H,1H3;2H,1H3;1H;(H2,1,2,3,4);2*1H2/q2*+1;;;;;;;/p-2. The lowest BCUT2D eigenvalue weighted by molar-refractivity contribution is -0.923. The number of para-hydroxylation sites is 1. The molecule has 1 aromatic heterocycles. The molecule has 0 amide bonds. The van der Waals surface area contributed by atoms with Crippen molar-refractivity contribution in [3.63, 3.8) is 0 Å². The molecule has 3 saturated heterocycles. The zero-order chi connectivity index (χ0) is 40.5. The Balaban J connectivity index is 0.000000703. The van der Waals surface area contributed by atoms with Gasteiger partial charge in [0.05, 0.1) is 52.4 Å². The molecule has 1 aromatic carbocycles.